The van der Waals surface area contributed by atoms with E-state index in [0.29, 0.717) is 6.54 Å². The molecule has 114 valence electrons. The zero-order valence-corrected chi connectivity index (χ0v) is 11.4. The molecule has 0 aliphatic heterocycles. The quantitative estimate of drug-likeness (QED) is 0.632. The van der Waals surface area contributed by atoms with Crippen molar-refractivity contribution in [3.05, 3.63) is 29.6 Å². The van der Waals surface area contributed by atoms with E-state index in [1.54, 1.807) is 0 Å². The number of para-hydroxylation sites is 1. The van der Waals surface area contributed by atoms with Gasteiger partial charge in [0.05, 0.1) is 17.8 Å². The minimum absolute atomic E-state index is 0.289. The summed E-state index contributed by atoms with van der Waals surface area (Å²) >= 11 is 0. The van der Waals surface area contributed by atoms with Gasteiger partial charge in [-0.3, -0.25) is 4.79 Å². The van der Waals surface area contributed by atoms with Crippen LogP contribution in [0.1, 0.15) is 23.7 Å². The molecule has 0 spiro atoms. The zero-order chi connectivity index (χ0) is 15.8. The van der Waals surface area contributed by atoms with Crippen LogP contribution in [0.2, 0.25) is 0 Å². The van der Waals surface area contributed by atoms with E-state index in [-0.39, 0.29) is 18.0 Å². The van der Waals surface area contributed by atoms with Gasteiger partial charge < -0.3 is 21.1 Å². The highest BCUT2D eigenvalue weighted by atomic mass is 19.1. The van der Waals surface area contributed by atoms with Crippen LogP contribution >= 0.6 is 0 Å². The molecule has 7 nitrogen and oxygen atoms in total. The first-order valence-electron chi connectivity index (χ1n) is 6.29. The molecular weight excluding hydrogens is 281 g/mol. The molecule has 3 amide bonds. The molecule has 1 aromatic carbocycles. The largest absolute Gasteiger partial charge is 0.478 e. The van der Waals surface area contributed by atoms with Crippen molar-refractivity contribution >= 4 is 23.6 Å². The van der Waals surface area contributed by atoms with Crippen molar-refractivity contribution in [1.29, 1.82) is 0 Å². The number of halogens is 1. The van der Waals surface area contributed by atoms with E-state index in [2.05, 4.69) is 16.0 Å². The maximum absolute atomic E-state index is 13.6. The van der Waals surface area contributed by atoms with Gasteiger partial charge in [0.2, 0.25) is 5.91 Å². The van der Waals surface area contributed by atoms with E-state index in [9.17, 15) is 18.8 Å². The van der Waals surface area contributed by atoms with E-state index < -0.39 is 23.5 Å². The fourth-order valence-electron chi connectivity index (χ4n) is 1.47. The van der Waals surface area contributed by atoms with Crippen molar-refractivity contribution in [1.82, 2.24) is 10.6 Å². The van der Waals surface area contributed by atoms with Crippen molar-refractivity contribution < 1.29 is 23.9 Å². The van der Waals surface area contributed by atoms with Crippen LogP contribution < -0.4 is 16.0 Å². The van der Waals surface area contributed by atoms with Crippen LogP contribution in [0.4, 0.5) is 14.9 Å². The number of anilines is 1. The third-order valence-electron chi connectivity index (χ3n) is 2.46. The monoisotopic (exact) mass is 297 g/mol. The number of carboxylic acids is 1. The molecule has 0 unspecified atom stereocenters. The molecule has 8 heteroatoms. The lowest BCUT2D eigenvalue weighted by Gasteiger charge is -2.10. The molecule has 0 fully saturated rings. The number of hydrogen-bond acceptors (Lipinski definition) is 3. The number of amides is 3. The second-order valence-electron chi connectivity index (χ2n) is 4.13. The molecule has 4 N–H and O–H groups in total. The number of benzene rings is 1. The van der Waals surface area contributed by atoms with Gasteiger partial charge in [0.15, 0.2) is 0 Å². The summed E-state index contributed by atoms with van der Waals surface area (Å²) in [5.74, 6) is -2.63. The first-order chi connectivity index (χ1) is 9.95. The summed E-state index contributed by atoms with van der Waals surface area (Å²) < 4.78 is 13.6. The Balaban J connectivity index is 2.63. The van der Waals surface area contributed by atoms with Gasteiger partial charge in [-0.2, -0.15) is 0 Å². The van der Waals surface area contributed by atoms with E-state index in [0.717, 1.165) is 18.6 Å². The number of nitrogens with one attached hydrogen (secondary N) is 3. The predicted octanol–water partition coefficient (Wildman–Crippen LogP) is 1.17. The molecular formula is C13H16FN3O4. The van der Waals surface area contributed by atoms with E-state index >= 15 is 0 Å². The van der Waals surface area contributed by atoms with E-state index in [1.165, 1.54) is 6.07 Å². The van der Waals surface area contributed by atoms with Crippen molar-refractivity contribution in [2.75, 3.05) is 18.4 Å². The molecule has 0 atom stereocenters. The third-order valence-corrected chi connectivity index (χ3v) is 2.46. The first-order valence-corrected chi connectivity index (χ1v) is 6.29. The van der Waals surface area contributed by atoms with Crippen LogP contribution in [0.5, 0.6) is 0 Å². The molecule has 0 aromatic heterocycles. The number of hydrogen-bond donors (Lipinski definition) is 4. The van der Waals surface area contributed by atoms with E-state index in [4.69, 9.17) is 5.11 Å². The highest BCUT2D eigenvalue weighted by molar-refractivity contribution is 6.00. The molecule has 0 saturated heterocycles. The predicted molar refractivity (Wildman–Crippen MR) is 73.7 cm³/mol. The van der Waals surface area contributed by atoms with Gasteiger partial charge in [-0.25, -0.2) is 14.0 Å². The fraction of sp³-hybridized carbons (Fsp3) is 0.308. The Bertz CT molecular complexity index is 548. The van der Waals surface area contributed by atoms with E-state index in [1.807, 2.05) is 6.92 Å². The Morgan fingerprint density at radius 1 is 1.24 bits per heavy atom. The van der Waals surface area contributed by atoms with Crippen molar-refractivity contribution in [3.63, 3.8) is 0 Å². The summed E-state index contributed by atoms with van der Waals surface area (Å²) in [6.07, 6.45) is 0.759. The molecule has 1 rings (SSSR count). The maximum atomic E-state index is 13.6. The number of carbonyl (C=O) groups excluding carboxylic acids is 2. The number of carbonyl (C=O) groups is 3. The highest BCUT2D eigenvalue weighted by Gasteiger charge is 2.16. The Kier molecular flexibility index (Phi) is 6.12. The molecule has 0 bridgehead atoms. The molecule has 0 aliphatic carbocycles. The van der Waals surface area contributed by atoms with Gasteiger partial charge in [0, 0.05) is 6.54 Å². The van der Waals surface area contributed by atoms with Crippen LogP contribution in [0.3, 0.4) is 0 Å². The van der Waals surface area contributed by atoms with Gasteiger partial charge in [-0.15, -0.1) is 0 Å². The summed E-state index contributed by atoms with van der Waals surface area (Å²) in [6, 6.07) is 2.54. The van der Waals surface area contributed by atoms with Crippen LogP contribution in [0.25, 0.3) is 0 Å². The second-order valence-corrected chi connectivity index (χ2v) is 4.13. The summed E-state index contributed by atoms with van der Waals surface area (Å²) in [5.41, 5.74) is -0.822. The number of rotatable bonds is 6. The highest BCUT2D eigenvalue weighted by Crippen LogP contribution is 2.19. The zero-order valence-electron chi connectivity index (χ0n) is 11.4. The smallest absolute Gasteiger partial charge is 0.337 e. The number of carboxylic acid groups (broad SMARTS) is 1. The normalized spacial score (nSPS) is 9.81. The summed E-state index contributed by atoms with van der Waals surface area (Å²) in [6.45, 7) is 2.08. The van der Waals surface area contributed by atoms with Crippen LogP contribution in [0, 0.1) is 5.82 Å². The summed E-state index contributed by atoms with van der Waals surface area (Å²) in [5, 5.41) is 15.8. The average Bonchev–Trinajstić information content (AvgIpc) is 2.44. The number of urea groups is 1. The van der Waals surface area contributed by atoms with Gasteiger partial charge in [0.25, 0.3) is 0 Å². The molecule has 0 aliphatic rings. The lowest BCUT2D eigenvalue weighted by atomic mass is 10.1. The summed E-state index contributed by atoms with van der Waals surface area (Å²) in [4.78, 5) is 33.8. The lowest BCUT2D eigenvalue weighted by Crippen LogP contribution is -2.39. The van der Waals surface area contributed by atoms with Gasteiger partial charge in [-0.05, 0) is 18.6 Å². The topological polar surface area (TPSA) is 108 Å². The first kappa shape index (κ1) is 16.4. The summed E-state index contributed by atoms with van der Waals surface area (Å²) in [7, 11) is 0. The van der Waals surface area contributed by atoms with Gasteiger partial charge >= 0.3 is 12.0 Å². The Morgan fingerprint density at radius 2 is 1.95 bits per heavy atom. The molecule has 1 aromatic rings. The molecule has 0 heterocycles. The Morgan fingerprint density at radius 3 is 2.57 bits per heavy atom. The maximum Gasteiger partial charge on any atom is 0.337 e. The minimum Gasteiger partial charge on any atom is -0.478 e. The average molecular weight is 297 g/mol. The van der Waals surface area contributed by atoms with Crippen molar-refractivity contribution in [3.8, 4) is 0 Å². The van der Waals surface area contributed by atoms with Crippen LogP contribution in [0.15, 0.2) is 18.2 Å². The van der Waals surface area contributed by atoms with Crippen LogP contribution in [-0.2, 0) is 4.79 Å². The fourth-order valence-corrected chi connectivity index (χ4v) is 1.47. The Labute approximate surface area is 120 Å². The third kappa shape index (κ3) is 5.09. The molecule has 0 radical (unpaired) electrons. The SMILES string of the molecule is CCCNC(=O)CNC(=O)Nc1c(F)cccc1C(=O)O. The van der Waals surface area contributed by atoms with Gasteiger partial charge in [0.1, 0.15) is 5.82 Å². The lowest BCUT2D eigenvalue weighted by molar-refractivity contribution is -0.120. The Hall–Kier alpha value is -2.64. The van der Waals surface area contributed by atoms with Crippen LogP contribution in [-0.4, -0.2) is 36.1 Å². The van der Waals surface area contributed by atoms with Crippen molar-refractivity contribution in [2.45, 2.75) is 13.3 Å². The van der Waals surface area contributed by atoms with Gasteiger partial charge in [-0.1, -0.05) is 13.0 Å². The molecule has 0 saturated carbocycles. The molecule has 21 heavy (non-hydrogen) atoms. The second kappa shape index (κ2) is 7.83. The van der Waals surface area contributed by atoms with Crippen molar-refractivity contribution in [2.24, 2.45) is 0 Å². The minimum atomic E-state index is -1.37. The number of aromatic carboxylic acids is 1. The standard InChI is InChI=1S/C13H16FN3O4/c1-2-6-15-10(18)7-16-13(21)17-11-8(12(19)20)4-3-5-9(11)14/h3-5H,2,6-7H2,1H3,(H,15,18)(H,19,20)(H2,16,17,21).